The Morgan fingerprint density at radius 2 is 1.65 bits per heavy atom. The molecule has 0 saturated heterocycles. The van der Waals surface area contributed by atoms with E-state index in [2.05, 4.69) is 37.4 Å². The molecule has 2 aromatic rings. The summed E-state index contributed by atoms with van der Waals surface area (Å²) in [7, 11) is 0. The minimum absolute atomic E-state index is 0.753. The molecule has 2 rings (SSSR count). The highest BCUT2D eigenvalue weighted by atomic mass is 35.5. The smallest absolute Gasteiger partial charge is 0.0455 e. The Morgan fingerprint density at radius 3 is 2.29 bits per heavy atom. The first-order valence-corrected chi connectivity index (χ1v) is 6.08. The van der Waals surface area contributed by atoms with Crippen molar-refractivity contribution >= 4 is 17.3 Å². The summed E-state index contributed by atoms with van der Waals surface area (Å²) in [4.78, 5) is 0. The van der Waals surface area contributed by atoms with Crippen molar-refractivity contribution in [3.05, 3.63) is 64.2 Å². The van der Waals surface area contributed by atoms with Crippen molar-refractivity contribution in [3.63, 3.8) is 0 Å². The number of anilines is 1. The molecule has 0 bridgehead atoms. The number of hydrogen-bond acceptors (Lipinski definition) is 1. The summed E-state index contributed by atoms with van der Waals surface area (Å²) in [5.74, 6) is 0. The Morgan fingerprint density at radius 1 is 1.00 bits per heavy atom. The highest BCUT2D eigenvalue weighted by Crippen LogP contribution is 2.18. The third-order valence-corrected chi connectivity index (χ3v) is 3.03. The first-order chi connectivity index (χ1) is 8.15. The summed E-state index contributed by atoms with van der Waals surface area (Å²) in [6, 6.07) is 14.4. The van der Waals surface area contributed by atoms with Gasteiger partial charge in [-0.3, -0.25) is 0 Å². The minimum Gasteiger partial charge on any atom is -0.381 e. The van der Waals surface area contributed by atoms with E-state index in [0.29, 0.717) is 0 Å². The van der Waals surface area contributed by atoms with E-state index in [1.807, 2.05) is 24.3 Å². The van der Waals surface area contributed by atoms with Crippen LogP contribution in [-0.4, -0.2) is 0 Å². The predicted molar refractivity (Wildman–Crippen MR) is 74.7 cm³/mol. The van der Waals surface area contributed by atoms with Crippen molar-refractivity contribution in [2.75, 3.05) is 5.32 Å². The Balaban J connectivity index is 2.10. The Bertz CT molecular complexity index is 500. The highest BCUT2D eigenvalue weighted by Gasteiger charge is 1.99. The average molecular weight is 246 g/mol. The number of aryl methyl sites for hydroxylation is 2. The van der Waals surface area contributed by atoms with Crippen molar-refractivity contribution in [2.45, 2.75) is 20.4 Å². The lowest BCUT2D eigenvalue weighted by Gasteiger charge is -2.09. The van der Waals surface area contributed by atoms with Crippen LogP contribution >= 0.6 is 11.6 Å². The van der Waals surface area contributed by atoms with Crippen molar-refractivity contribution in [3.8, 4) is 0 Å². The van der Waals surface area contributed by atoms with Crippen molar-refractivity contribution in [1.29, 1.82) is 0 Å². The molecule has 0 fully saturated rings. The van der Waals surface area contributed by atoms with Crippen LogP contribution in [0.15, 0.2) is 42.5 Å². The molecule has 17 heavy (non-hydrogen) atoms. The zero-order valence-electron chi connectivity index (χ0n) is 10.1. The molecule has 0 radical (unpaired) electrons. The van der Waals surface area contributed by atoms with E-state index in [1.165, 1.54) is 11.1 Å². The summed E-state index contributed by atoms with van der Waals surface area (Å²) >= 11 is 6.11. The lowest BCUT2D eigenvalue weighted by molar-refractivity contribution is 1.14. The third kappa shape index (κ3) is 3.24. The van der Waals surface area contributed by atoms with E-state index in [9.17, 15) is 0 Å². The van der Waals surface area contributed by atoms with Crippen LogP contribution in [0.5, 0.6) is 0 Å². The van der Waals surface area contributed by atoms with Crippen LogP contribution in [0.1, 0.15) is 16.7 Å². The molecule has 1 nitrogen and oxygen atoms in total. The number of hydrogen-bond donors (Lipinski definition) is 1. The fourth-order valence-electron chi connectivity index (χ4n) is 1.92. The van der Waals surface area contributed by atoms with E-state index in [-0.39, 0.29) is 0 Å². The fraction of sp³-hybridized carbons (Fsp3) is 0.200. The van der Waals surface area contributed by atoms with Crippen LogP contribution in [0, 0.1) is 13.8 Å². The number of benzene rings is 2. The highest BCUT2D eigenvalue weighted by molar-refractivity contribution is 6.31. The molecule has 2 heteroatoms. The molecule has 88 valence electrons. The maximum absolute atomic E-state index is 6.11. The van der Waals surface area contributed by atoms with Gasteiger partial charge in [-0.25, -0.2) is 0 Å². The molecule has 0 aliphatic rings. The van der Waals surface area contributed by atoms with Crippen LogP contribution in [0.2, 0.25) is 5.02 Å². The zero-order valence-corrected chi connectivity index (χ0v) is 10.9. The van der Waals surface area contributed by atoms with Gasteiger partial charge < -0.3 is 5.32 Å². The molecule has 1 N–H and O–H groups in total. The second kappa shape index (κ2) is 5.24. The summed E-state index contributed by atoms with van der Waals surface area (Å²) in [5.41, 5.74) is 4.80. The summed E-state index contributed by atoms with van der Waals surface area (Å²) in [6.45, 7) is 4.96. The van der Waals surface area contributed by atoms with Gasteiger partial charge >= 0.3 is 0 Å². The number of nitrogens with one attached hydrogen (secondary N) is 1. The molecule has 0 amide bonds. The molecular weight excluding hydrogens is 230 g/mol. The second-order valence-corrected chi connectivity index (χ2v) is 4.73. The van der Waals surface area contributed by atoms with Gasteiger partial charge in [0.15, 0.2) is 0 Å². The number of rotatable bonds is 3. The molecule has 0 heterocycles. The molecule has 0 unspecified atom stereocenters. The van der Waals surface area contributed by atoms with Gasteiger partial charge in [0.1, 0.15) is 0 Å². The molecule has 0 aliphatic carbocycles. The van der Waals surface area contributed by atoms with Gasteiger partial charge in [-0.15, -0.1) is 0 Å². The number of halogens is 1. The normalized spacial score (nSPS) is 10.3. The lowest BCUT2D eigenvalue weighted by atomic mass is 10.1. The summed E-state index contributed by atoms with van der Waals surface area (Å²) < 4.78 is 0. The Kier molecular flexibility index (Phi) is 3.70. The Hall–Kier alpha value is -1.47. The van der Waals surface area contributed by atoms with Gasteiger partial charge in [-0.2, -0.15) is 0 Å². The topological polar surface area (TPSA) is 12.0 Å². The van der Waals surface area contributed by atoms with Crippen molar-refractivity contribution < 1.29 is 0 Å². The molecule has 0 spiro atoms. The van der Waals surface area contributed by atoms with Crippen LogP contribution in [0.3, 0.4) is 0 Å². The Labute approximate surface area is 107 Å². The van der Waals surface area contributed by atoms with Gasteiger partial charge in [-0.05, 0) is 48.7 Å². The van der Waals surface area contributed by atoms with Crippen molar-refractivity contribution in [1.82, 2.24) is 0 Å². The third-order valence-electron chi connectivity index (χ3n) is 2.66. The van der Waals surface area contributed by atoms with E-state index in [0.717, 1.165) is 22.8 Å². The molecular formula is C15H16ClN. The van der Waals surface area contributed by atoms with E-state index in [4.69, 9.17) is 11.6 Å². The van der Waals surface area contributed by atoms with Crippen LogP contribution < -0.4 is 5.32 Å². The second-order valence-electron chi connectivity index (χ2n) is 4.32. The molecule has 0 saturated carbocycles. The first kappa shape index (κ1) is 12.0. The molecule has 0 aliphatic heterocycles. The van der Waals surface area contributed by atoms with Crippen LogP contribution in [-0.2, 0) is 6.54 Å². The van der Waals surface area contributed by atoms with E-state index >= 15 is 0 Å². The SMILES string of the molecule is Cc1cc(C)cc(NCc2ccccc2Cl)c1. The molecule has 2 aromatic carbocycles. The van der Waals surface area contributed by atoms with Crippen molar-refractivity contribution in [2.24, 2.45) is 0 Å². The lowest BCUT2D eigenvalue weighted by Crippen LogP contribution is -2.00. The van der Waals surface area contributed by atoms with Gasteiger partial charge in [0.25, 0.3) is 0 Å². The fourth-order valence-corrected chi connectivity index (χ4v) is 2.12. The zero-order chi connectivity index (χ0) is 12.3. The predicted octanol–water partition coefficient (Wildman–Crippen LogP) is 4.57. The molecule has 0 atom stereocenters. The maximum atomic E-state index is 6.11. The summed E-state index contributed by atoms with van der Waals surface area (Å²) in [5, 5.41) is 4.21. The van der Waals surface area contributed by atoms with Gasteiger partial charge in [0.05, 0.1) is 0 Å². The summed E-state index contributed by atoms with van der Waals surface area (Å²) in [6.07, 6.45) is 0. The maximum Gasteiger partial charge on any atom is 0.0455 e. The van der Waals surface area contributed by atoms with Gasteiger partial charge in [0.2, 0.25) is 0 Å². The largest absolute Gasteiger partial charge is 0.381 e. The first-order valence-electron chi connectivity index (χ1n) is 5.71. The van der Waals surface area contributed by atoms with E-state index in [1.54, 1.807) is 0 Å². The average Bonchev–Trinajstić information content (AvgIpc) is 2.27. The molecule has 0 aromatic heterocycles. The van der Waals surface area contributed by atoms with Gasteiger partial charge in [0, 0.05) is 17.3 Å². The van der Waals surface area contributed by atoms with E-state index < -0.39 is 0 Å². The van der Waals surface area contributed by atoms with Gasteiger partial charge in [-0.1, -0.05) is 35.9 Å². The monoisotopic (exact) mass is 245 g/mol. The van der Waals surface area contributed by atoms with Crippen LogP contribution in [0.25, 0.3) is 0 Å². The minimum atomic E-state index is 0.753. The quantitative estimate of drug-likeness (QED) is 0.835. The standard InChI is InChI=1S/C15H16ClN/c1-11-7-12(2)9-14(8-11)17-10-13-5-3-4-6-15(13)16/h3-9,17H,10H2,1-2H3. The van der Waals surface area contributed by atoms with Crippen LogP contribution in [0.4, 0.5) is 5.69 Å².